The van der Waals surface area contributed by atoms with Gasteiger partial charge in [-0.2, -0.15) is 0 Å². The fourth-order valence-corrected chi connectivity index (χ4v) is 3.27. The molecule has 1 saturated heterocycles. The number of hydrogen-bond donors (Lipinski definition) is 1. The minimum Gasteiger partial charge on any atom is -0.438 e. The first kappa shape index (κ1) is 15.5. The molecule has 0 radical (unpaired) electrons. The van der Waals surface area contributed by atoms with Gasteiger partial charge in [0.2, 0.25) is 11.8 Å². The van der Waals surface area contributed by atoms with E-state index in [0.717, 1.165) is 16.7 Å². The molecule has 2 heterocycles. The Balaban J connectivity index is 1.79. The van der Waals surface area contributed by atoms with E-state index < -0.39 is 16.4 Å². The zero-order valence-electron chi connectivity index (χ0n) is 14.1. The summed E-state index contributed by atoms with van der Waals surface area (Å²) >= 11 is 6.82. The van der Waals surface area contributed by atoms with Gasteiger partial charge >= 0.3 is 0 Å². The number of benzene rings is 1. The number of halogens is 1. The van der Waals surface area contributed by atoms with Crippen molar-refractivity contribution >= 4 is 34.5 Å². The lowest BCUT2D eigenvalue weighted by Crippen LogP contribution is -2.25. The van der Waals surface area contributed by atoms with E-state index in [0.29, 0.717) is 28.4 Å². The second-order valence-electron chi connectivity index (χ2n) is 5.43. The number of aromatic nitrogens is 1. The first-order valence-corrected chi connectivity index (χ1v) is 8.40. The summed E-state index contributed by atoms with van der Waals surface area (Å²) in [4.78, 5) is 27.3. The standard InChI is InChI=1S/C17H15ClN2O3S/c1-9-5-13(18)16(19-8-9)23-12-4-3-11(10(2)6-12)7-14-15(21)20-17(22)24-14/h3-6,8,14H,7H2,1-2H3,(H,20,21,22)/t14-/m1/s1/i14D. The van der Waals surface area contributed by atoms with Crippen LogP contribution >= 0.6 is 23.4 Å². The lowest BCUT2D eigenvalue weighted by molar-refractivity contribution is -0.118. The van der Waals surface area contributed by atoms with Crippen LogP contribution in [0.4, 0.5) is 4.79 Å². The Kier molecular flexibility index (Phi) is 4.40. The zero-order valence-corrected chi connectivity index (χ0v) is 14.6. The van der Waals surface area contributed by atoms with Gasteiger partial charge in [0, 0.05) is 6.20 Å². The molecule has 0 spiro atoms. The summed E-state index contributed by atoms with van der Waals surface area (Å²) in [5.74, 6) is 0.281. The van der Waals surface area contributed by atoms with Crippen LogP contribution in [0.2, 0.25) is 5.02 Å². The summed E-state index contributed by atoms with van der Waals surface area (Å²) < 4.78 is 13.9. The van der Waals surface area contributed by atoms with E-state index in [9.17, 15) is 9.59 Å². The van der Waals surface area contributed by atoms with E-state index in [1.165, 1.54) is 0 Å². The number of thioether (sulfide) groups is 1. The number of nitrogens with one attached hydrogen (secondary N) is 1. The molecule has 0 saturated carbocycles. The Bertz CT molecular complexity index is 877. The second-order valence-corrected chi connectivity index (χ2v) is 6.91. The van der Waals surface area contributed by atoms with Crippen molar-refractivity contribution in [1.29, 1.82) is 0 Å². The van der Waals surface area contributed by atoms with Crippen LogP contribution in [0.3, 0.4) is 0 Å². The van der Waals surface area contributed by atoms with Gasteiger partial charge in [-0.05, 0) is 55.2 Å². The summed E-state index contributed by atoms with van der Waals surface area (Å²) in [6.07, 6.45) is 1.80. The Morgan fingerprint density at radius 3 is 2.79 bits per heavy atom. The lowest BCUT2D eigenvalue weighted by atomic mass is 10.0. The molecule has 0 unspecified atom stereocenters. The van der Waals surface area contributed by atoms with Crippen molar-refractivity contribution in [3.05, 3.63) is 52.2 Å². The number of imide groups is 1. The SMILES string of the molecule is [2H][C@]1(Cc2ccc(Oc3ncc(C)cc3Cl)cc2C)SC(=O)NC1=O. The van der Waals surface area contributed by atoms with Crippen molar-refractivity contribution < 1.29 is 15.7 Å². The monoisotopic (exact) mass is 363 g/mol. The highest BCUT2D eigenvalue weighted by molar-refractivity contribution is 8.15. The summed E-state index contributed by atoms with van der Waals surface area (Å²) in [5, 5.41) is 0.549. The van der Waals surface area contributed by atoms with Crippen LogP contribution < -0.4 is 10.1 Å². The van der Waals surface area contributed by atoms with Crippen molar-refractivity contribution in [2.75, 3.05) is 0 Å². The minimum absolute atomic E-state index is 0.130. The molecule has 1 aromatic carbocycles. The molecule has 1 atom stereocenters. The van der Waals surface area contributed by atoms with Crippen molar-refractivity contribution in [2.45, 2.75) is 25.5 Å². The molecule has 1 N–H and O–H groups in total. The molecule has 0 aliphatic carbocycles. The summed E-state index contributed by atoms with van der Waals surface area (Å²) in [5.41, 5.74) is 2.58. The van der Waals surface area contributed by atoms with Gasteiger partial charge in [-0.15, -0.1) is 0 Å². The van der Waals surface area contributed by atoms with Gasteiger partial charge in [0.25, 0.3) is 5.24 Å². The molecule has 1 aliphatic rings. The highest BCUT2D eigenvalue weighted by Gasteiger charge is 2.31. The third-order valence-corrected chi connectivity index (χ3v) is 4.64. The van der Waals surface area contributed by atoms with Gasteiger partial charge in [0.15, 0.2) is 0 Å². The van der Waals surface area contributed by atoms with E-state index in [1.54, 1.807) is 30.5 Å². The van der Waals surface area contributed by atoms with Gasteiger partial charge < -0.3 is 4.74 Å². The number of amides is 2. The predicted molar refractivity (Wildman–Crippen MR) is 93.9 cm³/mol. The fourth-order valence-electron chi connectivity index (χ4n) is 2.27. The maximum Gasteiger partial charge on any atom is 0.286 e. The van der Waals surface area contributed by atoms with Crippen LogP contribution in [0.5, 0.6) is 11.6 Å². The summed E-state index contributed by atoms with van der Waals surface area (Å²) in [7, 11) is 0. The predicted octanol–water partition coefficient (Wildman–Crippen LogP) is 4.04. The third kappa shape index (κ3) is 3.71. The van der Waals surface area contributed by atoms with Crippen molar-refractivity contribution in [2.24, 2.45) is 0 Å². The number of carbonyl (C=O) groups excluding carboxylic acids is 2. The average molecular weight is 364 g/mol. The van der Waals surface area contributed by atoms with Gasteiger partial charge in [0.1, 0.15) is 10.8 Å². The number of pyridine rings is 1. The highest BCUT2D eigenvalue weighted by atomic mass is 35.5. The highest BCUT2D eigenvalue weighted by Crippen LogP contribution is 2.30. The second kappa shape index (κ2) is 6.83. The molecule has 3 rings (SSSR count). The van der Waals surface area contributed by atoms with Gasteiger partial charge in [-0.1, -0.05) is 29.4 Å². The number of ether oxygens (including phenoxy) is 1. The molecule has 7 heteroatoms. The Morgan fingerprint density at radius 1 is 1.38 bits per heavy atom. The van der Waals surface area contributed by atoms with E-state index in [4.69, 9.17) is 17.7 Å². The van der Waals surface area contributed by atoms with Crippen molar-refractivity contribution in [1.82, 2.24) is 10.3 Å². The van der Waals surface area contributed by atoms with Crippen LogP contribution in [0.25, 0.3) is 0 Å². The van der Waals surface area contributed by atoms with E-state index in [-0.39, 0.29) is 6.42 Å². The number of rotatable bonds is 4. The van der Waals surface area contributed by atoms with Crippen LogP contribution in [0, 0.1) is 13.8 Å². The van der Waals surface area contributed by atoms with E-state index in [2.05, 4.69) is 10.3 Å². The number of nitrogens with zero attached hydrogens (tertiary/aromatic N) is 1. The van der Waals surface area contributed by atoms with Crippen LogP contribution in [0.15, 0.2) is 30.5 Å². The van der Waals surface area contributed by atoms with Crippen molar-refractivity contribution in [3.63, 3.8) is 0 Å². The largest absolute Gasteiger partial charge is 0.438 e. The zero-order chi connectivity index (χ0) is 18.2. The molecule has 0 bridgehead atoms. The molecule has 2 aromatic rings. The summed E-state index contributed by atoms with van der Waals surface area (Å²) in [6, 6.07) is 7.06. The number of aryl methyl sites for hydroxylation is 2. The van der Waals surface area contributed by atoms with E-state index >= 15 is 0 Å². The number of carbonyl (C=O) groups is 2. The molecule has 124 valence electrons. The smallest absolute Gasteiger partial charge is 0.286 e. The van der Waals surface area contributed by atoms with E-state index in [1.807, 2.05) is 13.8 Å². The Labute approximate surface area is 150 Å². The molecular formula is C17H15ClN2O3S. The maximum atomic E-state index is 11.8. The van der Waals surface area contributed by atoms with Crippen molar-refractivity contribution in [3.8, 4) is 11.6 Å². The number of hydrogen-bond acceptors (Lipinski definition) is 5. The molecule has 1 aromatic heterocycles. The van der Waals surface area contributed by atoms with Gasteiger partial charge in [-0.3, -0.25) is 14.9 Å². The molecule has 1 fully saturated rings. The van der Waals surface area contributed by atoms with Crippen LogP contribution in [-0.2, 0) is 11.2 Å². The summed E-state index contributed by atoms with van der Waals surface area (Å²) in [6.45, 7) is 3.75. The average Bonchev–Trinajstić information content (AvgIpc) is 2.77. The molecule has 24 heavy (non-hydrogen) atoms. The fraction of sp³-hybridized carbons (Fsp3) is 0.235. The Hall–Kier alpha value is -2.05. The normalized spacial score (nSPS) is 20.7. The topological polar surface area (TPSA) is 68.3 Å². The first-order valence-electron chi connectivity index (χ1n) is 7.71. The van der Waals surface area contributed by atoms with Crippen LogP contribution in [-0.4, -0.2) is 21.4 Å². The van der Waals surface area contributed by atoms with Gasteiger partial charge in [-0.25, -0.2) is 4.98 Å². The quantitative estimate of drug-likeness (QED) is 0.887. The molecule has 1 aliphatic heterocycles. The third-order valence-electron chi connectivity index (χ3n) is 3.51. The minimum atomic E-state index is -1.54. The first-order chi connectivity index (χ1) is 11.8. The Morgan fingerprint density at radius 2 is 2.17 bits per heavy atom. The molecular weight excluding hydrogens is 348 g/mol. The lowest BCUT2D eigenvalue weighted by Gasteiger charge is -2.12. The van der Waals surface area contributed by atoms with Gasteiger partial charge in [0.05, 0.1) is 6.60 Å². The molecule has 2 amide bonds. The van der Waals surface area contributed by atoms with Crippen LogP contribution in [0.1, 0.15) is 18.1 Å². The maximum absolute atomic E-state index is 11.8. The molecule has 5 nitrogen and oxygen atoms in total.